The summed E-state index contributed by atoms with van der Waals surface area (Å²) in [6, 6.07) is 7.13. The molecule has 1 N–H and O–H groups in total. The average molecular weight is 279 g/mol. The third-order valence-corrected chi connectivity index (χ3v) is 4.07. The molecular formula is C17H26FNO. The van der Waals surface area contributed by atoms with Crippen LogP contribution in [0.5, 0.6) is 0 Å². The number of benzene rings is 1. The van der Waals surface area contributed by atoms with E-state index in [9.17, 15) is 4.39 Å². The minimum absolute atomic E-state index is 0.0839. The van der Waals surface area contributed by atoms with Gasteiger partial charge in [0.15, 0.2) is 0 Å². The number of halogens is 1. The van der Waals surface area contributed by atoms with Crippen molar-refractivity contribution in [3.63, 3.8) is 0 Å². The van der Waals surface area contributed by atoms with Gasteiger partial charge in [-0.1, -0.05) is 18.2 Å². The molecule has 1 fully saturated rings. The standard InChI is InChI=1S/C17H26FNO/c1-16(2,3)19-13-17(8-10-20-11-9-17)12-14-6-4-5-7-15(14)18/h4-7,19H,8-13H2,1-3H3. The number of hydrogen-bond donors (Lipinski definition) is 1. The van der Waals surface area contributed by atoms with E-state index in [-0.39, 0.29) is 16.8 Å². The number of hydrogen-bond acceptors (Lipinski definition) is 2. The van der Waals surface area contributed by atoms with Crippen molar-refractivity contribution in [2.75, 3.05) is 19.8 Å². The van der Waals surface area contributed by atoms with Crippen molar-refractivity contribution >= 4 is 0 Å². The molecule has 0 saturated carbocycles. The molecule has 0 radical (unpaired) electrons. The zero-order valence-electron chi connectivity index (χ0n) is 12.8. The second-order valence-electron chi connectivity index (χ2n) is 6.98. The van der Waals surface area contributed by atoms with Crippen LogP contribution in [-0.2, 0) is 11.2 Å². The molecule has 1 aromatic rings. The number of nitrogens with one attached hydrogen (secondary N) is 1. The van der Waals surface area contributed by atoms with Crippen LogP contribution < -0.4 is 5.32 Å². The zero-order chi connectivity index (χ0) is 14.6. The van der Waals surface area contributed by atoms with Crippen molar-refractivity contribution < 1.29 is 9.13 Å². The maximum absolute atomic E-state index is 13.9. The Balaban J connectivity index is 2.12. The Hall–Kier alpha value is -0.930. The van der Waals surface area contributed by atoms with E-state index in [1.165, 1.54) is 0 Å². The predicted octanol–water partition coefficient (Wildman–Crippen LogP) is 3.55. The highest BCUT2D eigenvalue weighted by atomic mass is 19.1. The minimum atomic E-state index is -0.0888. The van der Waals surface area contributed by atoms with Gasteiger partial charge in [-0.25, -0.2) is 4.39 Å². The molecule has 0 aromatic heterocycles. The van der Waals surface area contributed by atoms with Gasteiger partial charge in [-0.15, -0.1) is 0 Å². The first kappa shape index (κ1) is 15.5. The molecule has 0 bridgehead atoms. The van der Waals surface area contributed by atoms with E-state index in [1.807, 2.05) is 12.1 Å². The summed E-state index contributed by atoms with van der Waals surface area (Å²) in [6.07, 6.45) is 2.76. The van der Waals surface area contributed by atoms with Crippen molar-refractivity contribution in [2.24, 2.45) is 5.41 Å². The summed E-state index contributed by atoms with van der Waals surface area (Å²) in [5, 5.41) is 3.59. The van der Waals surface area contributed by atoms with Gasteiger partial charge in [0, 0.05) is 25.3 Å². The SMILES string of the molecule is CC(C)(C)NCC1(Cc2ccccc2F)CCOCC1. The monoisotopic (exact) mass is 279 g/mol. The molecule has 3 heteroatoms. The second-order valence-corrected chi connectivity index (χ2v) is 6.98. The summed E-state index contributed by atoms with van der Waals surface area (Å²) in [7, 11) is 0. The Bertz CT molecular complexity index is 433. The van der Waals surface area contributed by atoms with Crippen LogP contribution in [0.4, 0.5) is 4.39 Å². The molecule has 0 amide bonds. The normalized spacial score (nSPS) is 19.0. The van der Waals surface area contributed by atoms with Gasteiger partial charge in [0.05, 0.1) is 0 Å². The molecule has 20 heavy (non-hydrogen) atoms. The summed E-state index contributed by atoms with van der Waals surface area (Å²) in [5.74, 6) is -0.0888. The van der Waals surface area contributed by atoms with Crippen LogP contribution >= 0.6 is 0 Å². The molecule has 0 unspecified atom stereocenters. The van der Waals surface area contributed by atoms with Gasteiger partial charge < -0.3 is 10.1 Å². The van der Waals surface area contributed by atoms with Crippen molar-refractivity contribution in [1.29, 1.82) is 0 Å². The predicted molar refractivity (Wildman–Crippen MR) is 80.3 cm³/mol. The van der Waals surface area contributed by atoms with E-state index in [4.69, 9.17) is 4.74 Å². The molecular weight excluding hydrogens is 253 g/mol. The van der Waals surface area contributed by atoms with Gasteiger partial charge in [0.2, 0.25) is 0 Å². The lowest BCUT2D eigenvalue weighted by molar-refractivity contribution is 0.0117. The Labute approximate surface area is 121 Å². The van der Waals surface area contributed by atoms with E-state index in [2.05, 4.69) is 26.1 Å². The highest BCUT2D eigenvalue weighted by molar-refractivity contribution is 5.19. The maximum atomic E-state index is 13.9. The summed E-state index contributed by atoms with van der Waals surface area (Å²) in [4.78, 5) is 0. The van der Waals surface area contributed by atoms with Gasteiger partial charge >= 0.3 is 0 Å². The summed E-state index contributed by atoms with van der Waals surface area (Å²) in [6.45, 7) is 8.98. The third-order valence-electron chi connectivity index (χ3n) is 4.07. The fourth-order valence-electron chi connectivity index (χ4n) is 2.72. The molecule has 1 aromatic carbocycles. The lowest BCUT2D eigenvalue weighted by Crippen LogP contribution is -2.47. The Morgan fingerprint density at radius 3 is 2.45 bits per heavy atom. The zero-order valence-corrected chi connectivity index (χ0v) is 12.8. The van der Waals surface area contributed by atoms with E-state index >= 15 is 0 Å². The van der Waals surface area contributed by atoms with E-state index in [0.29, 0.717) is 0 Å². The first-order chi connectivity index (χ1) is 9.40. The molecule has 1 aliphatic heterocycles. The highest BCUT2D eigenvalue weighted by Gasteiger charge is 2.34. The molecule has 112 valence electrons. The largest absolute Gasteiger partial charge is 0.381 e. The van der Waals surface area contributed by atoms with Crippen LogP contribution in [0.3, 0.4) is 0 Å². The van der Waals surface area contributed by atoms with Gasteiger partial charge in [-0.05, 0) is 57.1 Å². The first-order valence-corrected chi connectivity index (χ1v) is 7.47. The van der Waals surface area contributed by atoms with Crippen LogP contribution in [0.15, 0.2) is 24.3 Å². The molecule has 0 aliphatic carbocycles. The van der Waals surface area contributed by atoms with Crippen LogP contribution in [-0.4, -0.2) is 25.3 Å². The van der Waals surface area contributed by atoms with Gasteiger partial charge in [-0.2, -0.15) is 0 Å². The summed E-state index contributed by atoms with van der Waals surface area (Å²) < 4.78 is 19.4. The number of rotatable bonds is 4. The Morgan fingerprint density at radius 2 is 1.85 bits per heavy atom. The van der Waals surface area contributed by atoms with Gasteiger partial charge in [-0.3, -0.25) is 0 Å². The quantitative estimate of drug-likeness (QED) is 0.910. The second kappa shape index (κ2) is 6.23. The first-order valence-electron chi connectivity index (χ1n) is 7.47. The van der Waals surface area contributed by atoms with Gasteiger partial charge in [0.25, 0.3) is 0 Å². The lowest BCUT2D eigenvalue weighted by Gasteiger charge is -2.40. The average Bonchev–Trinajstić information content (AvgIpc) is 2.40. The van der Waals surface area contributed by atoms with Crippen molar-refractivity contribution in [3.8, 4) is 0 Å². The summed E-state index contributed by atoms with van der Waals surface area (Å²) >= 11 is 0. The molecule has 1 heterocycles. The van der Waals surface area contributed by atoms with Crippen LogP contribution in [0.25, 0.3) is 0 Å². The smallest absolute Gasteiger partial charge is 0.126 e. The van der Waals surface area contributed by atoms with Crippen molar-refractivity contribution in [2.45, 2.75) is 45.6 Å². The Morgan fingerprint density at radius 1 is 1.20 bits per heavy atom. The molecule has 1 saturated heterocycles. The van der Waals surface area contributed by atoms with Gasteiger partial charge in [0.1, 0.15) is 5.82 Å². The van der Waals surface area contributed by atoms with Crippen LogP contribution in [0.1, 0.15) is 39.2 Å². The molecule has 2 rings (SSSR count). The number of ether oxygens (including phenoxy) is 1. The van der Waals surface area contributed by atoms with Crippen LogP contribution in [0.2, 0.25) is 0 Å². The van der Waals surface area contributed by atoms with Crippen LogP contribution in [0, 0.1) is 11.2 Å². The minimum Gasteiger partial charge on any atom is -0.381 e. The maximum Gasteiger partial charge on any atom is 0.126 e. The highest BCUT2D eigenvalue weighted by Crippen LogP contribution is 2.35. The fraction of sp³-hybridized carbons (Fsp3) is 0.647. The van der Waals surface area contributed by atoms with E-state index in [1.54, 1.807) is 12.1 Å². The topological polar surface area (TPSA) is 21.3 Å². The molecule has 0 atom stereocenters. The molecule has 0 spiro atoms. The van der Waals surface area contributed by atoms with E-state index < -0.39 is 0 Å². The molecule has 2 nitrogen and oxygen atoms in total. The molecule has 1 aliphatic rings. The third kappa shape index (κ3) is 4.29. The Kier molecular flexibility index (Phi) is 4.82. The van der Waals surface area contributed by atoms with Crippen molar-refractivity contribution in [3.05, 3.63) is 35.6 Å². The van der Waals surface area contributed by atoms with E-state index in [0.717, 1.165) is 44.6 Å². The van der Waals surface area contributed by atoms with Crippen molar-refractivity contribution in [1.82, 2.24) is 5.32 Å². The lowest BCUT2D eigenvalue weighted by atomic mass is 9.74. The fourth-order valence-corrected chi connectivity index (χ4v) is 2.72. The summed E-state index contributed by atoms with van der Waals surface area (Å²) in [5.41, 5.74) is 1.01.